The van der Waals surface area contributed by atoms with Gasteiger partial charge in [-0.05, 0) is 54.9 Å². The smallest absolute Gasteiger partial charge is 0.243 e. The molecule has 1 amide bonds. The number of carbonyl (C=O) groups excluding carboxylic acids is 1. The molecule has 1 saturated carbocycles. The van der Waals surface area contributed by atoms with E-state index in [2.05, 4.69) is 5.32 Å². The first kappa shape index (κ1) is 20.4. The molecule has 2 atom stereocenters. The van der Waals surface area contributed by atoms with E-state index in [4.69, 9.17) is 11.6 Å². The van der Waals surface area contributed by atoms with Crippen LogP contribution in [0.4, 0.5) is 0 Å². The number of sulfonamides is 1. The summed E-state index contributed by atoms with van der Waals surface area (Å²) in [4.78, 5) is 12.8. The van der Waals surface area contributed by atoms with E-state index in [1.165, 1.54) is 0 Å². The Kier molecular flexibility index (Phi) is 5.95. The Morgan fingerprint density at radius 1 is 1.03 bits per heavy atom. The standard InChI is InChI=1S/C22H25ClN2O3S/c23-21-9-5-4-8-18(21)19-14-20(19)22(26)24-15-16-10-12-25(13-11-16)29(27,28)17-6-2-1-3-7-17/h1-9,16,19-20H,10-15H2,(H,24,26). The maximum absolute atomic E-state index is 12.7. The molecule has 0 bridgehead atoms. The van der Waals surface area contributed by atoms with Gasteiger partial charge in [-0.15, -0.1) is 0 Å². The highest BCUT2D eigenvalue weighted by Gasteiger charge is 2.44. The topological polar surface area (TPSA) is 66.5 Å². The number of nitrogens with zero attached hydrogens (tertiary/aromatic N) is 1. The van der Waals surface area contributed by atoms with E-state index >= 15 is 0 Å². The third kappa shape index (κ3) is 4.49. The number of hydrogen-bond donors (Lipinski definition) is 1. The van der Waals surface area contributed by atoms with Crippen molar-refractivity contribution in [1.82, 2.24) is 9.62 Å². The molecule has 5 nitrogen and oxygen atoms in total. The molecule has 2 fully saturated rings. The van der Waals surface area contributed by atoms with Gasteiger partial charge in [-0.1, -0.05) is 48.0 Å². The van der Waals surface area contributed by atoms with Crippen molar-refractivity contribution < 1.29 is 13.2 Å². The summed E-state index contributed by atoms with van der Waals surface area (Å²) in [5, 5.41) is 3.79. The molecule has 29 heavy (non-hydrogen) atoms. The lowest BCUT2D eigenvalue weighted by molar-refractivity contribution is -0.122. The molecule has 2 unspecified atom stereocenters. The summed E-state index contributed by atoms with van der Waals surface area (Å²) in [6, 6.07) is 16.2. The summed E-state index contributed by atoms with van der Waals surface area (Å²) < 4.78 is 27.0. The lowest BCUT2D eigenvalue weighted by Crippen LogP contribution is -2.41. The first-order valence-corrected chi connectivity index (χ1v) is 11.9. The quantitative estimate of drug-likeness (QED) is 0.757. The molecule has 2 aliphatic rings. The van der Waals surface area contributed by atoms with E-state index in [9.17, 15) is 13.2 Å². The number of hydrogen-bond acceptors (Lipinski definition) is 3. The van der Waals surface area contributed by atoms with Crippen LogP contribution in [0.3, 0.4) is 0 Å². The summed E-state index contributed by atoms with van der Waals surface area (Å²) in [5.41, 5.74) is 1.05. The maximum Gasteiger partial charge on any atom is 0.243 e. The van der Waals surface area contributed by atoms with Crippen LogP contribution in [0.1, 0.15) is 30.7 Å². The Morgan fingerprint density at radius 3 is 2.38 bits per heavy atom. The molecule has 1 heterocycles. The van der Waals surface area contributed by atoms with Gasteiger partial charge in [-0.3, -0.25) is 4.79 Å². The van der Waals surface area contributed by atoms with Crippen LogP contribution >= 0.6 is 11.6 Å². The second-order valence-corrected chi connectivity index (χ2v) is 10.2. The fourth-order valence-corrected chi connectivity index (χ4v) is 5.84. The molecular weight excluding hydrogens is 408 g/mol. The van der Waals surface area contributed by atoms with Crippen LogP contribution in [0.2, 0.25) is 5.02 Å². The van der Waals surface area contributed by atoms with Crippen LogP contribution in [0.15, 0.2) is 59.5 Å². The summed E-state index contributed by atoms with van der Waals surface area (Å²) >= 11 is 6.24. The van der Waals surface area contributed by atoms with Crippen LogP contribution < -0.4 is 5.32 Å². The lowest BCUT2D eigenvalue weighted by atomic mass is 9.98. The Balaban J connectivity index is 1.25. The molecule has 0 radical (unpaired) electrons. The normalized spacial score (nSPS) is 22.9. The van der Waals surface area contributed by atoms with Crippen molar-refractivity contribution in [3.05, 3.63) is 65.2 Å². The van der Waals surface area contributed by atoms with Crippen LogP contribution in [0.25, 0.3) is 0 Å². The predicted molar refractivity (Wildman–Crippen MR) is 113 cm³/mol. The van der Waals surface area contributed by atoms with E-state index in [1.54, 1.807) is 28.6 Å². The molecule has 154 valence electrons. The number of carbonyl (C=O) groups is 1. The van der Waals surface area contributed by atoms with Crippen molar-refractivity contribution >= 4 is 27.5 Å². The van der Waals surface area contributed by atoms with Crippen LogP contribution in [-0.4, -0.2) is 38.3 Å². The zero-order chi connectivity index (χ0) is 20.4. The molecular formula is C22H25ClN2O3S. The number of halogens is 1. The van der Waals surface area contributed by atoms with Gasteiger partial charge in [0.2, 0.25) is 15.9 Å². The third-order valence-corrected chi connectivity index (χ3v) is 8.21. The van der Waals surface area contributed by atoms with Crippen LogP contribution in [0, 0.1) is 11.8 Å². The summed E-state index contributed by atoms with van der Waals surface area (Å²) in [5.74, 6) is 0.586. The van der Waals surface area contributed by atoms with Gasteiger partial charge in [0.1, 0.15) is 0 Å². The molecule has 1 saturated heterocycles. The van der Waals surface area contributed by atoms with Crippen molar-refractivity contribution in [3.8, 4) is 0 Å². The highest BCUT2D eigenvalue weighted by molar-refractivity contribution is 7.89. The number of benzene rings is 2. The Hall–Kier alpha value is -1.89. The molecule has 7 heteroatoms. The minimum Gasteiger partial charge on any atom is -0.356 e. The molecule has 2 aromatic rings. The van der Waals surface area contributed by atoms with Gasteiger partial charge in [-0.2, -0.15) is 4.31 Å². The summed E-state index contributed by atoms with van der Waals surface area (Å²) in [6.07, 6.45) is 2.35. The zero-order valence-electron chi connectivity index (χ0n) is 16.1. The van der Waals surface area contributed by atoms with Crippen molar-refractivity contribution in [2.24, 2.45) is 11.8 Å². The monoisotopic (exact) mass is 432 g/mol. The van der Waals surface area contributed by atoms with E-state index in [-0.39, 0.29) is 17.7 Å². The van der Waals surface area contributed by atoms with Gasteiger partial charge in [0.25, 0.3) is 0 Å². The minimum absolute atomic E-state index is 0.00607. The molecule has 0 spiro atoms. The minimum atomic E-state index is -3.43. The van der Waals surface area contributed by atoms with Crippen molar-refractivity contribution in [2.45, 2.75) is 30.1 Å². The van der Waals surface area contributed by atoms with Crippen molar-refractivity contribution in [3.63, 3.8) is 0 Å². The molecule has 0 aromatic heterocycles. The fraction of sp³-hybridized carbons (Fsp3) is 0.409. The van der Waals surface area contributed by atoms with Gasteiger partial charge in [0, 0.05) is 30.6 Å². The van der Waals surface area contributed by atoms with E-state index in [0.717, 1.165) is 29.8 Å². The molecule has 2 aromatic carbocycles. The van der Waals surface area contributed by atoms with E-state index < -0.39 is 10.0 Å². The Labute approximate surface area is 177 Å². The Morgan fingerprint density at radius 2 is 1.69 bits per heavy atom. The second-order valence-electron chi connectivity index (χ2n) is 7.88. The average Bonchev–Trinajstić information content (AvgIpc) is 3.54. The highest BCUT2D eigenvalue weighted by Crippen LogP contribution is 2.49. The van der Waals surface area contributed by atoms with E-state index in [1.807, 2.05) is 30.3 Å². The first-order chi connectivity index (χ1) is 14.0. The number of nitrogens with one attached hydrogen (secondary N) is 1. The largest absolute Gasteiger partial charge is 0.356 e. The van der Waals surface area contributed by atoms with Gasteiger partial charge in [-0.25, -0.2) is 8.42 Å². The lowest BCUT2D eigenvalue weighted by Gasteiger charge is -2.31. The number of rotatable bonds is 6. The number of amides is 1. The van der Waals surface area contributed by atoms with Crippen molar-refractivity contribution in [2.75, 3.05) is 19.6 Å². The fourth-order valence-electron chi connectivity index (χ4n) is 4.08. The van der Waals surface area contributed by atoms with Gasteiger partial charge in [0.15, 0.2) is 0 Å². The zero-order valence-corrected chi connectivity index (χ0v) is 17.7. The molecule has 1 N–H and O–H groups in total. The number of piperidine rings is 1. The van der Waals surface area contributed by atoms with Crippen LogP contribution in [0.5, 0.6) is 0 Å². The second kappa shape index (κ2) is 8.46. The predicted octanol–water partition coefficient (Wildman–Crippen LogP) is 3.66. The SMILES string of the molecule is O=C(NCC1CCN(S(=O)(=O)c2ccccc2)CC1)C1CC1c1ccccc1Cl. The summed E-state index contributed by atoms with van der Waals surface area (Å²) in [6.45, 7) is 1.58. The van der Waals surface area contributed by atoms with Crippen LogP contribution in [-0.2, 0) is 14.8 Å². The Bertz CT molecular complexity index is 973. The first-order valence-electron chi connectivity index (χ1n) is 10.0. The molecule has 1 aliphatic heterocycles. The maximum atomic E-state index is 12.7. The van der Waals surface area contributed by atoms with Crippen molar-refractivity contribution in [1.29, 1.82) is 0 Å². The van der Waals surface area contributed by atoms with Gasteiger partial charge >= 0.3 is 0 Å². The van der Waals surface area contributed by atoms with E-state index in [0.29, 0.717) is 30.4 Å². The van der Waals surface area contributed by atoms with Gasteiger partial charge < -0.3 is 5.32 Å². The molecule has 4 rings (SSSR count). The third-order valence-electron chi connectivity index (χ3n) is 5.95. The van der Waals surface area contributed by atoms with Gasteiger partial charge in [0.05, 0.1) is 4.90 Å². The highest BCUT2D eigenvalue weighted by atomic mass is 35.5. The average molecular weight is 433 g/mol. The molecule has 1 aliphatic carbocycles. The summed E-state index contributed by atoms with van der Waals surface area (Å²) in [7, 11) is -3.43.